The number of carbonyl (C=O) groups is 1. The van der Waals surface area contributed by atoms with Crippen LogP contribution in [0.5, 0.6) is 0 Å². The Labute approximate surface area is 178 Å². The smallest absolute Gasteiger partial charge is 0.230 e. The number of hydrogen-bond acceptors (Lipinski definition) is 6. The molecular formula is C23H31N5O2. The minimum absolute atomic E-state index is 0.296. The quantitative estimate of drug-likeness (QED) is 0.752. The normalized spacial score (nSPS) is 27.0. The number of aryl methyl sites for hydroxylation is 2. The van der Waals surface area contributed by atoms with Crippen molar-refractivity contribution in [1.29, 1.82) is 5.26 Å². The zero-order valence-electron chi connectivity index (χ0n) is 17.7. The molecule has 0 saturated carbocycles. The average Bonchev–Trinajstić information content (AvgIpc) is 3.36. The first-order valence-electron chi connectivity index (χ1n) is 11.5. The molecule has 7 heteroatoms. The summed E-state index contributed by atoms with van der Waals surface area (Å²) < 4.78 is 5.42. The topological polar surface area (TPSA) is 72.7 Å². The standard InChI is InChI=1S/C23H31N5O2/c24-16-19-15-18-3-1-2-4-20(18)25-21(19)28-8-6-23(17-28)5-7-27(22(23)29)10-9-26-11-13-30-14-12-26/h15H,1-14,17H2. The molecule has 7 nitrogen and oxygen atoms in total. The third kappa shape index (κ3) is 3.57. The third-order valence-electron chi connectivity index (χ3n) is 7.45. The Balaban J connectivity index is 1.27. The molecule has 3 fully saturated rings. The molecule has 3 aliphatic heterocycles. The van der Waals surface area contributed by atoms with Crippen molar-refractivity contribution in [3.63, 3.8) is 0 Å². The van der Waals surface area contributed by atoms with E-state index in [-0.39, 0.29) is 5.41 Å². The lowest BCUT2D eigenvalue weighted by Gasteiger charge is -2.29. The summed E-state index contributed by atoms with van der Waals surface area (Å²) in [5, 5.41) is 9.72. The number of ether oxygens (including phenoxy) is 1. The summed E-state index contributed by atoms with van der Waals surface area (Å²) in [4.78, 5) is 24.9. The summed E-state index contributed by atoms with van der Waals surface area (Å²) in [6.07, 6.45) is 6.16. The molecule has 1 amide bonds. The van der Waals surface area contributed by atoms with Crippen LogP contribution in [-0.2, 0) is 22.4 Å². The Morgan fingerprint density at radius 2 is 1.90 bits per heavy atom. The second-order valence-electron chi connectivity index (χ2n) is 9.23. The number of nitrogens with zero attached hydrogens (tertiary/aromatic N) is 5. The summed E-state index contributed by atoms with van der Waals surface area (Å²) >= 11 is 0. The van der Waals surface area contributed by atoms with Crippen LogP contribution in [-0.4, -0.2) is 79.7 Å². The summed E-state index contributed by atoms with van der Waals surface area (Å²) in [6, 6.07) is 4.41. The van der Waals surface area contributed by atoms with E-state index in [0.29, 0.717) is 18.0 Å². The SMILES string of the molecule is N#Cc1cc2c(nc1N1CCC3(CCN(CCN4CCOCC4)C3=O)C1)CCCC2. The van der Waals surface area contributed by atoms with Gasteiger partial charge in [-0.25, -0.2) is 4.98 Å². The number of anilines is 1. The molecule has 1 aliphatic carbocycles. The lowest BCUT2D eigenvalue weighted by atomic mass is 9.85. The van der Waals surface area contributed by atoms with E-state index in [9.17, 15) is 10.1 Å². The van der Waals surface area contributed by atoms with Crippen molar-refractivity contribution >= 4 is 11.7 Å². The number of amides is 1. The molecule has 4 aliphatic rings. The highest BCUT2D eigenvalue weighted by atomic mass is 16.5. The number of rotatable bonds is 4. The Hall–Kier alpha value is -2.17. The molecule has 5 rings (SSSR count). The highest BCUT2D eigenvalue weighted by Gasteiger charge is 2.51. The van der Waals surface area contributed by atoms with Crippen LogP contribution in [0.3, 0.4) is 0 Å². The van der Waals surface area contributed by atoms with Crippen LogP contribution >= 0.6 is 0 Å². The van der Waals surface area contributed by atoms with Gasteiger partial charge in [0.05, 0.1) is 24.2 Å². The van der Waals surface area contributed by atoms with E-state index in [0.717, 1.165) is 89.7 Å². The van der Waals surface area contributed by atoms with Crippen LogP contribution in [0.15, 0.2) is 6.07 Å². The van der Waals surface area contributed by atoms with Crippen molar-refractivity contribution in [1.82, 2.24) is 14.8 Å². The Bertz CT molecular complexity index is 860. The van der Waals surface area contributed by atoms with Gasteiger partial charge in [-0.1, -0.05) is 0 Å². The van der Waals surface area contributed by atoms with Crippen LogP contribution in [0, 0.1) is 16.7 Å². The molecule has 0 radical (unpaired) electrons. The molecule has 1 aromatic rings. The molecule has 4 heterocycles. The maximum absolute atomic E-state index is 13.3. The second-order valence-corrected chi connectivity index (χ2v) is 9.23. The predicted octanol–water partition coefficient (Wildman–Crippen LogP) is 1.59. The third-order valence-corrected chi connectivity index (χ3v) is 7.45. The first kappa shape index (κ1) is 19.8. The van der Waals surface area contributed by atoms with Gasteiger partial charge in [0.25, 0.3) is 0 Å². The minimum Gasteiger partial charge on any atom is -0.379 e. The van der Waals surface area contributed by atoms with E-state index >= 15 is 0 Å². The number of carbonyl (C=O) groups excluding carboxylic acids is 1. The monoisotopic (exact) mass is 409 g/mol. The first-order valence-corrected chi connectivity index (χ1v) is 11.5. The summed E-state index contributed by atoms with van der Waals surface area (Å²) in [5.41, 5.74) is 2.76. The Morgan fingerprint density at radius 3 is 2.73 bits per heavy atom. The first-order chi connectivity index (χ1) is 14.7. The fraction of sp³-hybridized carbons (Fsp3) is 0.696. The number of likely N-dealkylation sites (tertiary alicyclic amines) is 1. The predicted molar refractivity (Wildman–Crippen MR) is 113 cm³/mol. The molecule has 0 N–H and O–H groups in total. The zero-order valence-corrected chi connectivity index (χ0v) is 17.7. The van der Waals surface area contributed by atoms with E-state index in [1.165, 1.54) is 18.4 Å². The Kier molecular flexibility index (Phi) is 5.38. The Morgan fingerprint density at radius 1 is 1.10 bits per heavy atom. The molecule has 1 aromatic heterocycles. The van der Waals surface area contributed by atoms with Gasteiger partial charge in [-0.3, -0.25) is 9.69 Å². The maximum atomic E-state index is 13.3. The van der Waals surface area contributed by atoms with E-state index in [4.69, 9.17) is 9.72 Å². The molecule has 1 spiro atoms. The molecule has 0 bridgehead atoms. The van der Waals surface area contributed by atoms with E-state index in [2.05, 4.69) is 20.8 Å². The van der Waals surface area contributed by atoms with Crippen molar-refractivity contribution in [3.8, 4) is 6.07 Å². The number of morpholine rings is 1. The minimum atomic E-state index is -0.296. The van der Waals surface area contributed by atoms with Crippen LogP contribution in [0.25, 0.3) is 0 Å². The maximum Gasteiger partial charge on any atom is 0.230 e. The average molecular weight is 410 g/mol. The van der Waals surface area contributed by atoms with Gasteiger partial charge in [0, 0.05) is 51.5 Å². The van der Waals surface area contributed by atoms with Gasteiger partial charge in [0.2, 0.25) is 5.91 Å². The second kappa shape index (κ2) is 8.16. The van der Waals surface area contributed by atoms with Gasteiger partial charge in [0.1, 0.15) is 11.9 Å². The van der Waals surface area contributed by atoms with E-state index in [1.54, 1.807) is 0 Å². The largest absolute Gasteiger partial charge is 0.379 e. The van der Waals surface area contributed by atoms with E-state index in [1.807, 2.05) is 6.07 Å². The van der Waals surface area contributed by atoms with Crippen molar-refractivity contribution in [2.75, 3.05) is 63.9 Å². The molecule has 1 unspecified atom stereocenters. The highest BCUT2D eigenvalue weighted by Crippen LogP contribution is 2.42. The number of fused-ring (bicyclic) bond motifs is 1. The van der Waals surface area contributed by atoms with Crippen LogP contribution in [0.4, 0.5) is 5.82 Å². The van der Waals surface area contributed by atoms with Crippen molar-refractivity contribution < 1.29 is 9.53 Å². The number of hydrogen-bond donors (Lipinski definition) is 0. The van der Waals surface area contributed by atoms with Gasteiger partial charge in [-0.2, -0.15) is 5.26 Å². The molecular weight excluding hydrogens is 378 g/mol. The van der Waals surface area contributed by atoms with Crippen molar-refractivity contribution in [2.45, 2.75) is 38.5 Å². The summed E-state index contributed by atoms with van der Waals surface area (Å²) in [7, 11) is 0. The molecule has 30 heavy (non-hydrogen) atoms. The number of nitriles is 1. The summed E-state index contributed by atoms with van der Waals surface area (Å²) in [5.74, 6) is 1.10. The van der Waals surface area contributed by atoms with Crippen LogP contribution < -0.4 is 4.90 Å². The molecule has 0 aromatic carbocycles. The van der Waals surface area contributed by atoms with Crippen LogP contribution in [0.2, 0.25) is 0 Å². The van der Waals surface area contributed by atoms with Gasteiger partial charge >= 0.3 is 0 Å². The fourth-order valence-corrected chi connectivity index (χ4v) is 5.57. The van der Waals surface area contributed by atoms with Crippen molar-refractivity contribution in [2.24, 2.45) is 5.41 Å². The highest BCUT2D eigenvalue weighted by molar-refractivity contribution is 5.86. The molecule has 1 atom stereocenters. The number of aromatic nitrogens is 1. The lowest BCUT2D eigenvalue weighted by molar-refractivity contribution is -0.135. The van der Waals surface area contributed by atoms with Crippen LogP contribution in [0.1, 0.15) is 42.5 Å². The van der Waals surface area contributed by atoms with Gasteiger partial charge in [-0.15, -0.1) is 0 Å². The van der Waals surface area contributed by atoms with Crippen molar-refractivity contribution in [3.05, 3.63) is 22.9 Å². The van der Waals surface area contributed by atoms with Gasteiger partial charge in [0.15, 0.2) is 0 Å². The van der Waals surface area contributed by atoms with E-state index < -0.39 is 0 Å². The lowest BCUT2D eigenvalue weighted by Crippen LogP contribution is -2.43. The van der Waals surface area contributed by atoms with Gasteiger partial charge < -0.3 is 14.5 Å². The molecule has 160 valence electrons. The summed E-state index contributed by atoms with van der Waals surface area (Å²) in [6.45, 7) is 7.60. The fourth-order valence-electron chi connectivity index (χ4n) is 5.57. The zero-order chi connectivity index (χ0) is 20.6. The molecule has 3 saturated heterocycles. The van der Waals surface area contributed by atoms with Gasteiger partial charge in [-0.05, 0) is 50.2 Å². The number of pyridine rings is 1.